The molecule has 0 atom stereocenters. The van der Waals surface area contributed by atoms with E-state index >= 15 is 0 Å². The number of halogens is 1. The molecule has 0 aliphatic heterocycles. The van der Waals surface area contributed by atoms with Crippen LogP contribution in [0.5, 0.6) is 5.75 Å². The van der Waals surface area contributed by atoms with Crippen LogP contribution >= 0.6 is 21.6 Å². The van der Waals surface area contributed by atoms with Gasteiger partial charge in [0.15, 0.2) is 0 Å². The highest BCUT2D eigenvalue weighted by atomic mass is 33.1. The average Bonchev–Trinajstić information content (AvgIpc) is 2.50. The Morgan fingerprint density at radius 3 is 2.26 bits per heavy atom. The summed E-state index contributed by atoms with van der Waals surface area (Å²) in [4.78, 5) is 13.3. The normalized spacial score (nSPS) is 11.3. The van der Waals surface area contributed by atoms with Crippen LogP contribution in [-0.2, 0) is 10.2 Å². The number of carbonyl (C=O) groups is 1. The lowest BCUT2D eigenvalue weighted by Gasteiger charge is -2.24. The van der Waals surface area contributed by atoms with Gasteiger partial charge in [0.2, 0.25) is 0 Å². The molecule has 0 spiro atoms. The topological polar surface area (TPSA) is 26.3 Å². The predicted octanol–water partition coefficient (Wildman–Crippen LogP) is 5.47. The Bertz CT molecular complexity index is 652. The number of hydrogen-bond acceptors (Lipinski definition) is 4. The first-order valence-corrected chi connectivity index (χ1v) is 9.74. The van der Waals surface area contributed by atoms with Gasteiger partial charge in [0.05, 0.1) is 6.42 Å². The number of benzene rings is 2. The summed E-state index contributed by atoms with van der Waals surface area (Å²) in [5.74, 6) is -0.323. The number of ether oxygens (including phenoxy) is 1. The molecule has 0 aliphatic carbocycles. The Morgan fingerprint density at radius 2 is 1.70 bits per heavy atom. The van der Waals surface area contributed by atoms with Crippen LogP contribution in [0.3, 0.4) is 0 Å². The predicted molar refractivity (Wildman–Crippen MR) is 95.5 cm³/mol. The van der Waals surface area contributed by atoms with Crippen LogP contribution in [0.4, 0.5) is 4.39 Å². The van der Waals surface area contributed by atoms with Crippen molar-refractivity contribution in [2.45, 2.75) is 30.6 Å². The van der Waals surface area contributed by atoms with E-state index in [0.29, 0.717) is 5.75 Å². The fourth-order valence-corrected chi connectivity index (χ4v) is 3.54. The Labute approximate surface area is 144 Å². The van der Waals surface area contributed by atoms with Gasteiger partial charge in [-0.15, -0.1) is 0 Å². The van der Waals surface area contributed by atoms with Crippen LogP contribution < -0.4 is 4.74 Å². The van der Waals surface area contributed by atoms with Gasteiger partial charge in [0, 0.05) is 10.3 Å². The van der Waals surface area contributed by atoms with E-state index < -0.39 is 0 Å². The zero-order chi connectivity index (χ0) is 16.9. The maximum Gasteiger partial charge on any atom is 0.312 e. The molecule has 0 heterocycles. The summed E-state index contributed by atoms with van der Waals surface area (Å²) >= 11 is 0. The average molecular weight is 350 g/mol. The van der Waals surface area contributed by atoms with Gasteiger partial charge in [0.25, 0.3) is 0 Å². The van der Waals surface area contributed by atoms with Gasteiger partial charge < -0.3 is 4.74 Å². The summed E-state index contributed by atoms with van der Waals surface area (Å²) in [6.07, 6.45) is 2.29. The van der Waals surface area contributed by atoms with Crippen molar-refractivity contribution in [3.05, 3.63) is 59.9 Å². The fraction of sp³-hybridized carbons (Fsp3) is 0.278. The summed E-state index contributed by atoms with van der Waals surface area (Å²) in [6, 6.07) is 13.7. The lowest BCUT2D eigenvalue weighted by Crippen LogP contribution is -2.24. The van der Waals surface area contributed by atoms with E-state index in [9.17, 15) is 9.18 Å². The Hall–Kier alpha value is -1.46. The second kappa shape index (κ2) is 7.88. The van der Waals surface area contributed by atoms with Crippen LogP contribution in [-0.4, -0.2) is 12.2 Å². The van der Waals surface area contributed by atoms with E-state index in [4.69, 9.17) is 4.74 Å². The largest absolute Gasteiger partial charge is 0.427 e. The fourth-order valence-electron chi connectivity index (χ4n) is 2.19. The third-order valence-electron chi connectivity index (χ3n) is 3.45. The molecule has 0 aliphatic rings. The minimum atomic E-state index is -0.353. The molecule has 0 saturated heterocycles. The van der Waals surface area contributed by atoms with Crippen LogP contribution in [0.15, 0.2) is 53.4 Å². The second-order valence-electron chi connectivity index (χ2n) is 5.76. The molecule has 0 unspecified atom stereocenters. The summed E-state index contributed by atoms with van der Waals surface area (Å²) in [5.41, 5.74) is 0.749. The molecule has 0 saturated carbocycles. The molecule has 122 valence electrons. The maximum absolute atomic E-state index is 12.9. The summed E-state index contributed by atoms with van der Waals surface area (Å²) in [5, 5.41) is 0. The van der Waals surface area contributed by atoms with E-state index in [0.717, 1.165) is 5.56 Å². The highest BCUT2D eigenvalue weighted by molar-refractivity contribution is 8.76. The molecular weight excluding hydrogens is 331 g/mol. The lowest BCUT2D eigenvalue weighted by molar-refractivity contribution is -0.135. The van der Waals surface area contributed by atoms with Crippen LogP contribution in [0.2, 0.25) is 0 Å². The van der Waals surface area contributed by atoms with Gasteiger partial charge >= 0.3 is 5.97 Å². The summed E-state index contributed by atoms with van der Waals surface area (Å²) in [6.45, 7) is 4.02. The van der Waals surface area contributed by atoms with Crippen molar-refractivity contribution >= 4 is 27.6 Å². The molecular formula is C18H19FO2S2. The summed E-state index contributed by atoms with van der Waals surface area (Å²) in [7, 11) is 3.40. The quantitative estimate of drug-likeness (QED) is 0.392. The molecule has 0 bridgehead atoms. The van der Waals surface area contributed by atoms with E-state index in [1.807, 2.05) is 32.2 Å². The van der Waals surface area contributed by atoms with Gasteiger partial charge in [-0.3, -0.25) is 4.79 Å². The van der Waals surface area contributed by atoms with E-state index in [-0.39, 0.29) is 23.6 Å². The van der Waals surface area contributed by atoms with Crippen molar-refractivity contribution in [1.82, 2.24) is 0 Å². The zero-order valence-electron chi connectivity index (χ0n) is 13.3. The Balaban J connectivity index is 2.01. The van der Waals surface area contributed by atoms with Crippen LogP contribution in [0, 0.1) is 5.82 Å². The zero-order valence-corrected chi connectivity index (χ0v) is 15.0. The maximum atomic E-state index is 12.9. The minimum Gasteiger partial charge on any atom is -0.427 e. The highest BCUT2D eigenvalue weighted by Crippen LogP contribution is 2.32. The second-order valence-corrected chi connectivity index (χ2v) is 8.23. The third kappa shape index (κ3) is 5.29. The number of carbonyl (C=O) groups excluding carboxylic acids is 1. The van der Waals surface area contributed by atoms with Crippen molar-refractivity contribution in [1.29, 1.82) is 0 Å². The molecule has 0 fully saturated rings. The Morgan fingerprint density at radius 1 is 1.09 bits per heavy atom. The molecule has 23 heavy (non-hydrogen) atoms. The summed E-state index contributed by atoms with van der Waals surface area (Å²) < 4.78 is 18.1. The molecule has 2 rings (SSSR count). The molecule has 5 heteroatoms. The van der Waals surface area contributed by atoms with Gasteiger partial charge in [-0.25, -0.2) is 4.39 Å². The van der Waals surface area contributed by atoms with Crippen molar-refractivity contribution in [3.63, 3.8) is 0 Å². The van der Waals surface area contributed by atoms with Crippen molar-refractivity contribution in [2.75, 3.05) is 6.26 Å². The van der Waals surface area contributed by atoms with E-state index in [1.54, 1.807) is 21.6 Å². The number of esters is 1. The van der Waals surface area contributed by atoms with Crippen molar-refractivity contribution in [3.8, 4) is 5.75 Å². The van der Waals surface area contributed by atoms with E-state index in [1.165, 1.54) is 29.2 Å². The smallest absolute Gasteiger partial charge is 0.312 e. The molecule has 0 amide bonds. The molecule has 2 nitrogen and oxygen atoms in total. The third-order valence-corrected chi connectivity index (χ3v) is 5.16. The minimum absolute atomic E-state index is 0.249. The molecule has 2 aromatic carbocycles. The first-order valence-electron chi connectivity index (χ1n) is 7.18. The lowest BCUT2D eigenvalue weighted by atomic mass is 9.82. The van der Waals surface area contributed by atoms with Crippen molar-refractivity contribution < 1.29 is 13.9 Å². The van der Waals surface area contributed by atoms with Gasteiger partial charge in [-0.1, -0.05) is 47.6 Å². The first-order chi connectivity index (χ1) is 10.9. The van der Waals surface area contributed by atoms with Crippen LogP contribution in [0.1, 0.15) is 25.8 Å². The van der Waals surface area contributed by atoms with Crippen LogP contribution in [0.25, 0.3) is 0 Å². The molecule has 0 aromatic heterocycles. The molecule has 0 N–H and O–H groups in total. The van der Waals surface area contributed by atoms with Gasteiger partial charge in [-0.2, -0.15) is 0 Å². The molecule has 2 aromatic rings. The first kappa shape index (κ1) is 17.9. The number of rotatable bonds is 6. The molecule has 0 radical (unpaired) electrons. The standard InChI is InChI=1S/C18H19FO2S2/c1-18(2,13-4-10-16(11-5-13)23-22-3)12-17(20)21-15-8-6-14(19)7-9-15/h4-11H,12H2,1-3H3. The Kier molecular flexibility index (Phi) is 6.13. The van der Waals surface area contributed by atoms with Gasteiger partial charge in [-0.05, 0) is 48.2 Å². The highest BCUT2D eigenvalue weighted by Gasteiger charge is 2.25. The number of hydrogen-bond donors (Lipinski definition) is 0. The van der Waals surface area contributed by atoms with E-state index in [2.05, 4.69) is 12.1 Å². The van der Waals surface area contributed by atoms with Gasteiger partial charge in [0.1, 0.15) is 11.6 Å². The SMILES string of the molecule is CSSc1ccc(C(C)(C)CC(=O)Oc2ccc(F)cc2)cc1. The monoisotopic (exact) mass is 350 g/mol. The van der Waals surface area contributed by atoms with Crippen molar-refractivity contribution in [2.24, 2.45) is 0 Å².